The monoisotopic (exact) mass is 546 g/mol. The first kappa shape index (κ1) is 30.8. The van der Waals surface area contributed by atoms with Crippen molar-refractivity contribution < 1.29 is 24.3 Å². The van der Waals surface area contributed by atoms with Crippen LogP contribution in [-0.4, -0.2) is 74.9 Å². The Morgan fingerprint density at radius 1 is 0.974 bits per heavy atom. The van der Waals surface area contributed by atoms with Gasteiger partial charge in [-0.15, -0.1) is 0 Å². The predicted octanol–water partition coefficient (Wildman–Crippen LogP) is 0.860. The average Bonchev–Trinajstić information content (AvgIpc) is 3.39. The summed E-state index contributed by atoms with van der Waals surface area (Å²) in [5.41, 5.74) is 7.40. The van der Waals surface area contributed by atoms with Crippen LogP contribution in [0.3, 0.4) is 0 Å². The zero-order chi connectivity index (χ0) is 28.1. The highest BCUT2D eigenvalue weighted by molar-refractivity contribution is 7.98. The Balaban J connectivity index is 2.25. The number of nitrogens with two attached hydrogens (primary N) is 1. The molecule has 0 aliphatic carbocycles. The van der Waals surface area contributed by atoms with Crippen molar-refractivity contribution >= 4 is 35.5 Å². The van der Waals surface area contributed by atoms with Crippen LogP contribution in [-0.2, 0) is 32.0 Å². The van der Waals surface area contributed by atoms with Crippen LogP contribution < -0.4 is 21.7 Å². The van der Waals surface area contributed by atoms with Gasteiger partial charge in [-0.3, -0.25) is 14.4 Å². The minimum Gasteiger partial charge on any atom is -0.480 e. The van der Waals surface area contributed by atoms with Gasteiger partial charge in [-0.05, 0) is 36.3 Å². The number of carbonyl (C=O) groups excluding carboxylic acids is 3. The molecule has 3 amide bonds. The van der Waals surface area contributed by atoms with Crippen LogP contribution in [0.2, 0.25) is 0 Å². The van der Waals surface area contributed by atoms with Gasteiger partial charge in [-0.25, -0.2) is 9.78 Å². The molecular formula is C26H38N6O5S. The molecule has 11 nitrogen and oxygen atoms in total. The van der Waals surface area contributed by atoms with Gasteiger partial charge in [-0.2, -0.15) is 11.8 Å². The molecule has 1 heterocycles. The van der Waals surface area contributed by atoms with Crippen LogP contribution >= 0.6 is 11.8 Å². The van der Waals surface area contributed by atoms with Gasteiger partial charge in [0.25, 0.3) is 0 Å². The maximum atomic E-state index is 13.5. The van der Waals surface area contributed by atoms with Crippen molar-refractivity contribution in [3.63, 3.8) is 0 Å². The summed E-state index contributed by atoms with van der Waals surface area (Å²) in [7, 11) is 0. The number of aliphatic carboxylic acids is 1. The van der Waals surface area contributed by atoms with E-state index >= 15 is 0 Å². The molecule has 4 atom stereocenters. The fourth-order valence-corrected chi connectivity index (χ4v) is 4.27. The number of carboxylic acid groups (broad SMARTS) is 1. The van der Waals surface area contributed by atoms with E-state index in [4.69, 9.17) is 5.73 Å². The molecular weight excluding hydrogens is 508 g/mol. The van der Waals surface area contributed by atoms with E-state index in [0.29, 0.717) is 17.9 Å². The predicted molar refractivity (Wildman–Crippen MR) is 146 cm³/mol. The molecule has 0 aliphatic heterocycles. The summed E-state index contributed by atoms with van der Waals surface area (Å²) in [6.07, 6.45) is 5.78. The van der Waals surface area contributed by atoms with Crippen molar-refractivity contribution in [2.45, 2.75) is 63.7 Å². The molecule has 1 aromatic heterocycles. The lowest BCUT2D eigenvalue weighted by Gasteiger charge is -2.25. The third kappa shape index (κ3) is 10.5. The summed E-state index contributed by atoms with van der Waals surface area (Å²) in [6.45, 7) is 3.71. The topological polar surface area (TPSA) is 179 Å². The van der Waals surface area contributed by atoms with Crippen molar-refractivity contribution in [3.8, 4) is 0 Å². The molecule has 12 heteroatoms. The first-order valence-electron chi connectivity index (χ1n) is 12.5. The van der Waals surface area contributed by atoms with Gasteiger partial charge in [0.1, 0.15) is 18.1 Å². The Kier molecular flexibility index (Phi) is 12.8. The highest BCUT2D eigenvalue weighted by atomic mass is 32.2. The average molecular weight is 547 g/mol. The SMILES string of the molecule is CSCCC(N)C(=O)NC(Cc1ccccc1)C(=O)NC(Cc1cnc[nH]1)C(=O)NC(CC(C)C)C(=O)O. The summed E-state index contributed by atoms with van der Waals surface area (Å²) in [5, 5.41) is 17.6. The molecule has 0 bridgehead atoms. The van der Waals surface area contributed by atoms with Crippen LogP contribution in [0, 0.1) is 5.92 Å². The van der Waals surface area contributed by atoms with Crippen LogP contribution in [0.5, 0.6) is 0 Å². The maximum Gasteiger partial charge on any atom is 0.326 e. The molecule has 208 valence electrons. The van der Waals surface area contributed by atoms with Crippen molar-refractivity contribution in [3.05, 3.63) is 54.1 Å². The Hall–Kier alpha value is -3.38. The standard InChI is InChI=1S/C26H38N6O5S/c1-16(2)11-22(26(36)37)32-25(35)21(13-18-14-28-15-29-18)31-24(34)20(12-17-7-5-4-6-8-17)30-23(33)19(27)9-10-38-3/h4-8,14-16,19-22H,9-13,27H2,1-3H3,(H,28,29)(H,30,33)(H,31,34)(H,32,35)(H,36,37). The number of amides is 3. The summed E-state index contributed by atoms with van der Waals surface area (Å²) in [5.74, 6) is -2.15. The largest absolute Gasteiger partial charge is 0.480 e. The molecule has 0 saturated heterocycles. The smallest absolute Gasteiger partial charge is 0.326 e. The first-order valence-corrected chi connectivity index (χ1v) is 13.9. The van der Waals surface area contributed by atoms with Gasteiger partial charge in [0, 0.05) is 24.7 Å². The van der Waals surface area contributed by atoms with E-state index in [1.807, 2.05) is 50.4 Å². The minimum absolute atomic E-state index is 0.0258. The number of aromatic amines is 1. The molecule has 1 aromatic carbocycles. The van der Waals surface area contributed by atoms with Gasteiger partial charge >= 0.3 is 5.97 Å². The number of thioether (sulfide) groups is 1. The third-order valence-corrected chi connectivity index (χ3v) is 6.46. The van der Waals surface area contributed by atoms with E-state index in [9.17, 15) is 24.3 Å². The first-order chi connectivity index (χ1) is 18.1. The summed E-state index contributed by atoms with van der Waals surface area (Å²) in [6, 6.07) is 5.14. The lowest BCUT2D eigenvalue weighted by molar-refractivity contribution is -0.142. The summed E-state index contributed by atoms with van der Waals surface area (Å²) < 4.78 is 0. The van der Waals surface area contributed by atoms with Crippen molar-refractivity contribution in [1.29, 1.82) is 0 Å². The molecule has 0 fully saturated rings. The van der Waals surface area contributed by atoms with Gasteiger partial charge in [-0.1, -0.05) is 44.2 Å². The number of carboxylic acids is 1. The van der Waals surface area contributed by atoms with E-state index in [1.54, 1.807) is 11.8 Å². The van der Waals surface area contributed by atoms with Gasteiger partial charge in [0.05, 0.1) is 12.4 Å². The fourth-order valence-electron chi connectivity index (χ4n) is 3.78. The van der Waals surface area contributed by atoms with E-state index in [2.05, 4.69) is 25.9 Å². The van der Waals surface area contributed by atoms with Crippen molar-refractivity contribution in [2.75, 3.05) is 12.0 Å². The van der Waals surface area contributed by atoms with E-state index in [-0.39, 0.29) is 25.2 Å². The third-order valence-electron chi connectivity index (χ3n) is 5.82. The van der Waals surface area contributed by atoms with E-state index in [0.717, 1.165) is 5.56 Å². The number of hydrogen-bond donors (Lipinski definition) is 6. The number of nitrogens with one attached hydrogen (secondary N) is 4. The molecule has 4 unspecified atom stereocenters. The van der Waals surface area contributed by atoms with Gasteiger partial charge < -0.3 is 31.8 Å². The zero-order valence-corrected chi connectivity index (χ0v) is 22.8. The Bertz CT molecular complexity index is 1030. The molecule has 0 saturated carbocycles. The van der Waals surface area contributed by atoms with Crippen LogP contribution in [0.15, 0.2) is 42.9 Å². The maximum absolute atomic E-state index is 13.5. The van der Waals surface area contributed by atoms with Crippen molar-refractivity contribution in [2.24, 2.45) is 11.7 Å². The molecule has 0 radical (unpaired) electrons. The van der Waals surface area contributed by atoms with E-state index < -0.39 is 47.9 Å². The number of carbonyl (C=O) groups is 4. The molecule has 2 rings (SSSR count). The Morgan fingerprint density at radius 3 is 2.13 bits per heavy atom. The van der Waals surface area contributed by atoms with Gasteiger partial charge in [0.2, 0.25) is 17.7 Å². The highest BCUT2D eigenvalue weighted by Gasteiger charge is 2.31. The molecule has 0 aliphatic rings. The molecule has 0 spiro atoms. The fraction of sp³-hybridized carbons (Fsp3) is 0.500. The minimum atomic E-state index is -1.16. The normalized spacial score (nSPS) is 14.2. The van der Waals surface area contributed by atoms with Gasteiger partial charge in [0.15, 0.2) is 0 Å². The number of hydrogen-bond acceptors (Lipinski definition) is 7. The molecule has 7 N–H and O–H groups in total. The Labute approximate surface area is 227 Å². The number of H-pyrrole nitrogens is 1. The lowest BCUT2D eigenvalue weighted by Crippen LogP contribution is -2.58. The second-order valence-electron chi connectivity index (χ2n) is 9.51. The zero-order valence-electron chi connectivity index (χ0n) is 22.0. The lowest BCUT2D eigenvalue weighted by atomic mass is 10.0. The molecule has 2 aromatic rings. The number of nitrogens with zero attached hydrogens (tertiary/aromatic N) is 1. The summed E-state index contributed by atoms with van der Waals surface area (Å²) in [4.78, 5) is 58.0. The second-order valence-corrected chi connectivity index (χ2v) is 10.5. The number of imidazole rings is 1. The van der Waals surface area contributed by atoms with Crippen LogP contribution in [0.25, 0.3) is 0 Å². The Morgan fingerprint density at radius 2 is 1.58 bits per heavy atom. The number of rotatable bonds is 16. The highest BCUT2D eigenvalue weighted by Crippen LogP contribution is 2.09. The number of benzene rings is 1. The molecule has 38 heavy (non-hydrogen) atoms. The second kappa shape index (κ2) is 15.8. The quantitative estimate of drug-likeness (QED) is 0.179. The van der Waals surface area contributed by atoms with Crippen molar-refractivity contribution in [1.82, 2.24) is 25.9 Å². The summed E-state index contributed by atoms with van der Waals surface area (Å²) >= 11 is 1.57. The van der Waals surface area contributed by atoms with E-state index in [1.165, 1.54) is 12.5 Å². The van der Waals surface area contributed by atoms with Crippen LogP contribution in [0.4, 0.5) is 0 Å². The number of aromatic nitrogens is 2. The van der Waals surface area contributed by atoms with Crippen LogP contribution in [0.1, 0.15) is 37.9 Å².